The molecule has 0 aromatic heterocycles. The molecule has 9 atom stereocenters. The van der Waals surface area contributed by atoms with Crippen LogP contribution in [0.2, 0.25) is 0 Å². The second-order valence-corrected chi connectivity index (χ2v) is 21.0. The number of hydrazone groups is 1. The summed E-state index contributed by atoms with van der Waals surface area (Å²) in [5.41, 5.74) is 0.492. The number of anilines is 1. The number of ether oxygens (including phenoxy) is 4. The predicted molar refractivity (Wildman–Crippen MR) is 264 cm³/mol. The number of amides is 1. The van der Waals surface area contributed by atoms with Crippen molar-refractivity contribution < 1.29 is 58.9 Å². The van der Waals surface area contributed by atoms with E-state index < -0.39 is 88.8 Å². The molecule has 0 radical (unpaired) electrons. The molecule has 15 heteroatoms. The molecule has 10 rings (SSSR count). The lowest BCUT2D eigenvalue weighted by atomic mass is 9.52. The fourth-order valence-corrected chi connectivity index (χ4v) is 12.5. The van der Waals surface area contributed by atoms with Gasteiger partial charge in [0.25, 0.3) is 11.7 Å². The van der Waals surface area contributed by atoms with Crippen LogP contribution in [-0.2, 0) is 30.3 Å². The first-order valence-corrected chi connectivity index (χ1v) is 24.6. The van der Waals surface area contributed by atoms with Crippen molar-refractivity contribution >= 4 is 40.3 Å². The SMILES string of the molecule is CO[C@@H]1C=CO[C@@]2(C)Oc3c(C)c(O)c4c(O)c(c(C=NN(Cc5ccccc5)C56CC7CC(CC(C7)C5)C6)c(O)c4c3C2=O)NC(=O)C(C)=CC=C[C@H](C)[C@H](O)[C@H](C)[C@H](O)[C@H](C)[C@H](OC(C)=O)[C@@H]1C. The number of benzene rings is 3. The molecule has 3 heterocycles. The number of methoxy groups -OCH3 is 1. The zero-order chi connectivity index (χ0) is 50.6. The van der Waals surface area contributed by atoms with E-state index >= 15 is 0 Å². The number of aromatic hydroxyl groups is 3. The van der Waals surface area contributed by atoms with Gasteiger partial charge in [0.1, 0.15) is 23.4 Å². The van der Waals surface area contributed by atoms with E-state index in [-0.39, 0.29) is 50.0 Å². The third-order valence-corrected chi connectivity index (χ3v) is 16.1. The van der Waals surface area contributed by atoms with Crippen molar-refractivity contribution in [3.05, 3.63) is 88.7 Å². The molecule has 4 aliphatic carbocycles. The monoisotopic (exact) mass is 963 g/mol. The number of nitrogens with one attached hydrogen (secondary N) is 1. The number of Topliss-reactive ketones (excluding diaryl/α,β-unsaturated/α-hetero) is 1. The van der Waals surface area contributed by atoms with Crippen molar-refractivity contribution in [1.82, 2.24) is 5.01 Å². The van der Waals surface area contributed by atoms with E-state index in [1.165, 1.54) is 71.8 Å². The molecule has 70 heavy (non-hydrogen) atoms. The summed E-state index contributed by atoms with van der Waals surface area (Å²) >= 11 is 0. The molecule has 15 nitrogen and oxygen atoms in total. The normalized spacial score (nSPS) is 33.4. The number of phenols is 3. The number of nitrogens with zero attached hydrogens (tertiary/aromatic N) is 2. The van der Waals surface area contributed by atoms with Gasteiger partial charge in [0.15, 0.2) is 5.75 Å². The van der Waals surface area contributed by atoms with Crippen LogP contribution < -0.4 is 10.1 Å². The molecule has 4 saturated carbocycles. The smallest absolute Gasteiger partial charge is 0.312 e. The highest BCUT2D eigenvalue weighted by atomic mass is 16.7. The Balaban J connectivity index is 1.29. The molecule has 3 aromatic rings. The lowest BCUT2D eigenvalue weighted by Gasteiger charge is -2.59. The number of carbonyl (C=O) groups excluding carboxylic acids is 3. The molecule has 0 unspecified atom stereocenters. The van der Waals surface area contributed by atoms with Crippen LogP contribution >= 0.6 is 0 Å². The molecular formula is C55H69N3O12. The number of esters is 1. The molecule has 376 valence electrons. The van der Waals surface area contributed by atoms with Crippen molar-refractivity contribution in [1.29, 1.82) is 0 Å². The van der Waals surface area contributed by atoms with Gasteiger partial charge < -0.3 is 49.8 Å². The standard InChI is InChI=1S/C55H69N3O12/c1-28-14-13-15-29(2)53(66)57-44-39(26-56-58(27-35-16-11-10-12-17-35)55-23-36-20-37(24-55)22-38(21-36)25-55)48(63)41-42(49(44)64)47(62)33(6)51-43(41)52(65)54(8,70-51)68-19-18-40(67-9)30(3)50(69-34(7)59)32(5)46(61)31(4)45(28)60/h10-19,26,28,30-32,36-38,40,45-46,50,60-64H,20-25,27H2,1-9H3,(H,57,66)/t28-,30+,31-,32-,36?,37?,38?,40+,45-,46-,50+,54-,55?/m0/s1. The van der Waals surface area contributed by atoms with Crippen LogP contribution in [0.1, 0.15) is 114 Å². The molecule has 9 bridgehead atoms. The number of carbonyl (C=O) groups is 3. The highest BCUT2D eigenvalue weighted by Gasteiger charge is 2.54. The number of rotatable bonds is 7. The molecule has 3 aliphatic heterocycles. The Labute approximate surface area is 409 Å². The molecule has 0 spiro atoms. The Morgan fingerprint density at radius 1 is 0.886 bits per heavy atom. The van der Waals surface area contributed by atoms with Crippen molar-refractivity contribution in [3.63, 3.8) is 0 Å². The van der Waals surface area contributed by atoms with E-state index in [1.807, 2.05) is 30.3 Å². The lowest BCUT2D eigenvalue weighted by molar-refractivity contribution is -0.160. The van der Waals surface area contributed by atoms with Gasteiger partial charge in [0.2, 0.25) is 0 Å². The van der Waals surface area contributed by atoms with E-state index in [9.17, 15) is 39.9 Å². The molecule has 1 amide bonds. The van der Waals surface area contributed by atoms with Crippen LogP contribution in [0, 0.1) is 48.3 Å². The Morgan fingerprint density at radius 3 is 2.14 bits per heavy atom. The summed E-state index contributed by atoms with van der Waals surface area (Å²) in [6.07, 6.45) is 11.6. The molecule has 4 fully saturated rings. The van der Waals surface area contributed by atoms with Crippen LogP contribution in [0.5, 0.6) is 23.0 Å². The summed E-state index contributed by atoms with van der Waals surface area (Å²) in [5, 5.41) is 69.6. The number of aliphatic hydroxyl groups excluding tert-OH is 2. The maximum atomic E-state index is 14.8. The highest BCUT2D eigenvalue weighted by Crippen LogP contribution is 2.59. The average Bonchev–Trinajstić information content (AvgIpc) is 3.58. The van der Waals surface area contributed by atoms with Gasteiger partial charge >= 0.3 is 11.8 Å². The Bertz CT molecular complexity index is 2610. The van der Waals surface area contributed by atoms with E-state index in [2.05, 4.69) is 10.3 Å². The fraction of sp³-hybridized carbons (Fsp3) is 0.527. The van der Waals surface area contributed by atoms with Gasteiger partial charge in [-0.05, 0) is 81.8 Å². The van der Waals surface area contributed by atoms with Gasteiger partial charge in [-0.15, -0.1) is 0 Å². The van der Waals surface area contributed by atoms with Gasteiger partial charge in [0.05, 0.1) is 65.1 Å². The number of phenolic OH excluding ortho intramolecular Hbond substituents is 3. The first-order chi connectivity index (χ1) is 33.2. The minimum Gasteiger partial charge on any atom is -0.507 e. The van der Waals surface area contributed by atoms with E-state index in [4.69, 9.17) is 24.0 Å². The number of hydrogen-bond donors (Lipinski definition) is 6. The summed E-state index contributed by atoms with van der Waals surface area (Å²) < 4.78 is 24.0. The Morgan fingerprint density at radius 2 is 1.53 bits per heavy atom. The van der Waals surface area contributed by atoms with Gasteiger partial charge in [-0.1, -0.05) is 76.3 Å². The molecule has 7 aliphatic rings. The van der Waals surface area contributed by atoms with Crippen molar-refractivity contribution in [2.24, 2.45) is 46.5 Å². The van der Waals surface area contributed by atoms with Crippen LogP contribution in [0.4, 0.5) is 5.69 Å². The third-order valence-electron chi connectivity index (χ3n) is 16.1. The highest BCUT2D eigenvalue weighted by molar-refractivity contribution is 6.23. The number of aliphatic hydroxyl groups is 2. The van der Waals surface area contributed by atoms with Gasteiger partial charge in [0, 0.05) is 61.2 Å². The average molecular weight is 964 g/mol. The fourth-order valence-electron chi connectivity index (χ4n) is 12.5. The quantitative estimate of drug-likeness (QED) is 0.0431. The maximum absolute atomic E-state index is 14.8. The topological polar surface area (TPSA) is 217 Å². The van der Waals surface area contributed by atoms with Gasteiger partial charge in [-0.2, -0.15) is 5.10 Å². The largest absolute Gasteiger partial charge is 0.507 e. The number of ketones is 1. The number of fused-ring (bicyclic) bond motifs is 14. The van der Waals surface area contributed by atoms with Gasteiger partial charge in [-0.3, -0.25) is 19.4 Å². The number of allylic oxidation sites excluding steroid dienone is 2. The molecular weight excluding hydrogens is 895 g/mol. The predicted octanol–water partition coefficient (Wildman–Crippen LogP) is 8.56. The molecule has 0 saturated heterocycles. The van der Waals surface area contributed by atoms with Crippen LogP contribution in [0.3, 0.4) is 0 Å². The van der Waals surface area contributed by atoms with Crippen LogP contribution in [0.15, 0.2) is 71.6 Å². The summed E-state index contributed by atoms with van der Waals surface area (Å²) in [7, 11) is 1.45. The lowest BCUT2D eigenvalue weighted by Crippen LogP contribution is -2.58. The Kier molecular flexibility index (Phi) is 14.2. The Hall–Kier alpha value is -5.90. The van der Waals surface area contributed by atoms with Crippen molar-refractivity contribution in [2.75, 3.05) is 12.4 Å². The first-order valence-electron chi connectivity index (χ1n) is 24.6. The summed E-state index contributed by atoms with van der Waals surface area (Å²) in [5.74, 6) is -6.60. The minimum absolute atomic E-state index is 0.0637. The first kappa shape index (κ1) is 50.5. The van der Waals surface area contributed by atoms with Crippen LogP contribution in [0.25, 0.3) is 10.8 Å². The summed E-state index contributed by atoms with van der Waals surface area (Å²) in [6, 6.07) is 10.0. The second-order valence-electron chi connectivity index (χ2n) is 21.0. The van der Waals surface area contributed by atoms with Crippen LogP contribution in [-0.4, -0.2) is 97.3 Å². The zero-order valence-electron chi connectivity index (χ0n) is 41.6. The van der Waals surface area contributed by atoms with E-state index in [0.717, 1.165) is 24.8 Å². The van der Waals surface area contributed by atoms with E-state index in [1.54, 1.807) is 46.8 Å². The molecule has 6 N–H and O–H groups in total. The molecule has 3 aromatic carbocycles. The van der Waals surface area contributed by atoms with Crippen molar-refractivity contribution in [3.8, 4) is 23.0 Å². The number of hydrogen-bond acceptors (Lipinski definition) is 14. The summed E-state index contributed by atoms with van der Waals surface area (Å²) in [6.45, 7) is 13.1. The zero-order valence-corrected chi connectivity index (χ0v) is 41.6. The van der Waals surface area contributed by atoms with E-state index in [0.29, 0.717) is 24.3 Å². The summed E-state index contributed by atoms with van der Waals surface area (Å²) in [4.78, 5) is 41.5. The van der Waals surface area contributed by atoms with Crippen molar-refractivity contribution in [2.45, 2.75) is 136 Å². The second kappa shape index (κ2) is 19.7. The minimum atomic E-state index is -2.07. The van der Waals surface area contributed by atoms with Gasteiger partial charge in [-0.25, -0.2) is 0 Å². The maximum Gasteiger partial charge on any atom is 0.312 e. The third kappa shape index (κ3) is 9.27.